The summed E-state index contributed by atoms with van der Waals surface area (Å²) < 4.78 is 15.7. The van der Waals surface area contributed by atoms with Gasteiger partial charge in [0.25, 0.3) is 5.91 Å². The molecule has 0 aliphatic heterocycles. The molecule has 0 spiro atoms. The van der Waals surface area contributed by atoms with Gasteiger partial charge in [-0.15, -0.1) is 0 Å². The van der Waals surface area contributed by atoms with Crippen LogP contribution in [-0.4, -0.2) is 45.0 Å². The summed E-state index contributed by atoms with van der Waals surface area (Å²) in [5, 5.41) is 11.8. The summed E-state index contributed by atoms with van der Waals surface area (Å²) in [6.07, 6.45) is 1.27. The molecule has 21 heavy (non-hydrogen) atoms. The Morgan fingerprint density at radius 3 is 2.14 bits per heavy atom. The Morgan fingerprint density at radius 2 is 1.76 bits per heavy atom. The zero-order chi connectivity index (χ0) is 15.8. The molecule has 0 fully saturated rings. The lowest BCUT2D eigenvalue weighted by atomic mass is 10.1. The van der Waals surface area contributed by atoms with Crippen LogP contribution in [0.4, 0.5) is 0 Å². The summed E-state index contributed by atoms with van der Waals surface area (Å²) in [5.41, 5.74) is 0.417. The number of aliphatic hydroxyl groups excluding tert-OH is 1. The highest BCUT2D eigenvalue weighted by Crippen LogP contribution is 2.38. The van der Waals surface area contributed by atoms with Gasteiger partial charge in [0.1, 0.15) is 0 Å². The lowest BCUT2D eigenvalue weighted by molar-refractivity contribution is 0.0928. The van der Waals surface area contributed by atoms with Crippen molar-refractivity contribution in [2.45, 2.75) is 25.8 Å². The summed E-state index contributed by atoms with van der Waals surface area (Å²) in [7, 11) is 4.51. The minimum absolute atomic E-state index is 0.0358. The first kappa shape index (κ1) is 17.1. The summed E-state index contributed by atoms with van der Waals surface area (Å²) in [6, 6.07) is 3.13. The van der Waals surface area contributed by atoms with E-state index in [4.69, 9.17) is 19.3 Å². The highest BCUT2D eigenvalue weighted by atomic mass is 16.5. The van der Waals surface area contributed by atoms with Gasteiger partial charge in [-0.3, -0.25) is 4.79 Å². The Bertz CT molecular complexity index is 450. The van der Waals surface area contributed by atoms with E-state index < -0.39 is 0 Å². The molecule has 1 aromatic carbocycles. The molecule has 0 saturated heterocycles. The van der Waals surface area contributed by atoms with Gasteiger partial charge in [-0.05, 0) is 25.0 Å². The highest BCUT2D eigenvalue weighted by molar-refractivity contribution is 5.95. The number of carbonyl (C=O) groups is 1. The molecule has 0 saturated carbocycles. The van der Waals surface area contributed by atoms with E-state index in [9.17, 15) is 4.79 Å². The minimum Gasteiger partial charge on any atom is -0.493 e. The molecular weight excluding hydrogens is 274 g/mol. The predicted octanol–water partition coefficient (Wildman–Crippen LogP) is 1.60. The van der Waals surface area contributed by atoms with Crippen LogP contribution in [0.5, 0.6) is 17.2 Å². The number of hydrogen-bond acceptors (Lipinski definition) is 5. The van der Waals surface area contributed by atoms with Crippen molar-refractivity contribution in [3.05, 3.63) is 17.7 Å². The second-order valence-electron chi connectivity index (χ2n) is 4.50. The number of amides is 1. The molecule has 0 radical (unpaired) electrons. The van der Waals surface area contributed by atoms with Gasteiger partial charge in [-0.1, -0.05) is 6.92 Å². The number of rotatable bonds is 8. The molecule has 1 atom stereocenters. The number of carbonyl (C=O) groups excluding carboxylic acids is 1. The molecule has 0 heterocycles. The fourth-order valence-electron chi connectivity index (χ4n) is 2.02. The van der Waals surface area contributed by atoms with Crippen LogP contribution in [0.25, 0.3) is 0 Å². The fraction of sp³-hybridized carbons (Fsp3) is 0.533. The van der Waals surface area contributed by atoms with Crippen LogP contribution in [0, 0.1) is 0 Å². The van der Waals surface area contributed by atoms with E-state index in [2.05, 4.69) is 5.32 Å². The van der Waals surface area contributed by atoms with E-state index in [1.54, 1.807) is 12.1 Å². The van der Waals surface area contributed by atoms with Crippen molar-refractivity contribution in [2.75, 3.05) is 27.9 Å². The summed E-state index contributed by atoms with van der Waals surface area (Å²) in [5.74, 6) is 1.06. The van der Waals surface area contributed by atoms with Gasteiger partial charge in [0, 0.05) is 18.2 Å². The van der Waals surface area contributed by atoms with E-state index in [1.807, 2.05) is 6.92 Å². The highest BCUT2D eigenvalue weighted by Gasteiger charge is 2.18. The van der Waals surface area contributed by atoms with E-state index in [0.717, 1.165) is 6.42 Å². The molecule has 0 aliphatic carbocycles. The lowest BCUT2D eigenvalue weighted by Gasteiger charge is -2.17. The van der Waals surface area contributed by atoms with E-state index in [1.165, 1.54) is 21.3 Å². The van der Waals surface area contributed by atoms with Crippen molar-refractivity contribution in [1.82, 2.24) is 5.32 Å². The zero-order valence-electron chi connectivity index (χ0n) is 12.9. The first-order valence-electron chi connectivity index (χ1n) is 6.82. The third kappa shape index (κ3) is 4.26. The van der Waals surface area contributed by atoms with Crippen LogP contribution in [0.15, 0.2) is 12.1 Å². The number of methoxy groups -OCH3 is 3. The molecule has 1 aromatic rings. The van der Waals surface area contributed by atoms with Crippen LogP contribution in [0.2, 0.25) is 0 Å². The van der Waals surface area contributed by atoms with Gasteiger partial charge in [0.05, 0.1) is 21.3 Å². The van der Waals surface area contributed by atoms with Crippen molar-refractivity contribution in [3.63, 3.8) is 0 Å². The Morgan fingerprint density at radius 1 is 1.19 bits per heavy atom. The van der Waals surface area contributed by atoms with Gasteiger partial charge >= 0.3 is 0 Å². The average molecular weight is 297 g/mol. The van der Waals surface area contributed by atoms with E-state index >= 15 is 0 Å². The lowest BCUT2D eigenvalue weighted by Crippen LogP contribution is -2.35. The van der Waals surface area contributed by atoms with Crippen LogP contribution in [0.3, 0.4) is 0 Å². The normalized spacial score (nSPS) is 11.7. The molecule has 0 aromatic heterocycles. The molecule has 6 nitrogen and oxygen atoms in total. The summed E-state index contributed by atoms with van der Waals surface area (Å²) >= 11 is 0. The molecule has 0 bridgehead atoms. The van der Waals surface area contributed by atoms with Crippen LogP contribution in [-0.2, 0) is 0 Å². The number of aliphatic hydroxyl groups is 1. The molecule has 2 N–H and O–H groups in total. The number of benzene rings is 1. The van der Waals surface area contributed by atoms with Crippen LogP contribution < -0.4 is 19.5 Å². The molecular formula is C15H23NO5. The van der Waals surface area contributed by atoms with E-state index in [0.29, 0.717) is 29.2 Å². The van der Waals surface area contributed by atoms with Crippen molar-refractivity contribution in [2.24, 2.45) is 0 Å². The molecule has 0 aliphatic rings. The van der Waals surface area contributed by atoms with Crippen molar-refractivity contribution >= 4 is 5.91 Å². The smallest absolute Gasteiger partial charge is 0.251 e. The zero-order valence-corrected chi connectivity index (χ0v) is 12.9. The second-order valence-corrected chi connectivity index (χ2v) is 4.50. The topological polar surface area (TPSA) is 77.0 Å². The van der Waals surface area contributed by atoms with Gasteiger partial charge < -0.3 is 24.6 Å². The number of hydrogen-bond donors (Lipinski definition) is 2. The number of nitrogens with one attached hydrogen (secondary N) is 1. The van der Waals surface area contributed by atoms with Gasteiger partial charge in [0.15, 0.2) is 11.5 Å². The number of ether oxygens (including phenoxy) is 3. The van der Waals surface area contributed by atoms with Crippen molar-refractivity contribution in [1.29, 1.82) is 0 Å². The molecule has 1 rings (SSSR count). The monoisotopic (exact) mass is 297 g/mol. The Labute approximate surface area is 125 Å². The van der Waals surface area contributed by atoms with Crippen LogP contribution in [0.1, 0.15) is 30.1 Å². The second kappa shape index (κ2) is 8.36. The van der Waals surface area contributed by atoms with Gasteiger partial charge in [-0.25, -0.2) is 0 Å². The summed E-state index contributed by atoms with van der Waals surface area (Å²) in [6.45, 7) is 1.99. The van der Waals surface area contributed by atoms with Gasteiger partial charge in [-0.2, -0.15) is 0 Å². The average Bonchev–Trinajstić information content (AvgIpc) is 2.52. The third-order valence-corrected chi connectivity index (χ3v) is 3.23. The Kier molecular flexibility index (Phi) is 6.81. The molecule has 1 amide bonds. The van der Waals surface area contributed by atoms with E-state index in [-0.39, 0.29) is 18.6 Å². The largest absolute Gasteiger partial charge is 0.493 e. The maximum Gasteiger partial charge on any atom is 0.251 e. The van der Waals surface area contributed by atoms with Crippen LogP contribution >= 0.6 is 0 Å². The maximum atomic E-state index is 12.3. The van der Waals surface area contributed by atoms with Crippen molar-refractivity contribution < 1.29 is 24.1 Å². The quantitative estimate of drug-likeness (QED) is 0.762. The maximum absolute atomic E-state index is 12.3. The first-order valence-corrected chi connectivity index (χ1v) is 6.82. The minimum atomic E-state index is -0.241. The third-order valence-electron chi connectivity index (χ3n) is 3.23. The summed E-state index contributed by atoms with van der Waals surface area (Å²) in [4.78, 5) is 12.3. The molecule has 1 unspecified atom stereocenters. The Hall–Kier alpha value is -1.95. The van der Waals surface area contributed by atoms with Crippen molar-refractivity contribution in [3.8, 4) is 17.2 Å². The standard InChI is InChI=1S/C15H23NO5/c1-5-11(6-7-17)16-15(18)10-8-12(19-2)14(21-4)13(9-10)20-3/h8-9,11,17H,5-7H2,1-4H3,(H,16,18). The van der Waals surface area contributed by atoms with Gasteiger partial charge in [0.2, 0.25) is 5.75 Å². The molecule has 6 heteroatoms. The predicted molar refractivity (Wildman–Crippen MR) is 79.3 cm³/mol. The molecule has 118 valence electrons. The fourth-order valence-corrected chi connectivity index (χ4v) is 2.02. The SMILES string of the molecule is CCC(CCO)NC(=O)c1cc(OC)c(OC)c(OC)c1. The Balaban J connectivity index is 3.04. The first-order chi connectivity index (χ1) is 10.1.